The second-order valence-corrected chi connectivity index (χ2v) is 6.11. The topological polar surface area (TPSA) is 74.6 Å². The van der Waals surface area contributed by atoms with E-state index < -0.39 is 10.1 Å². The molecule has 4 nitrogen and oxygen atoms in total. The first kappa shape index (κ1) is 16.0. The van der Waals surface area contributed by atoms with Crippen LogP contribution in [0.1, 0.15) is 50.7 Å². The largest absolute Gasteiger partial charge is 0.508 e. The van der Waals surface area contributed by atoms with Crippen molar-refractivity contribution in [3.63, 3.8) is 0 Å². The van der Waals surface area contributed by atoms with E-state index in [4.69, 9.17) is 0 Å². The SMILES string of the molecule is CCCCc1c(O)ccc(S(=O)(=O)O)c1CCCC. The number of hydrogen-bond acceptors (Lipinski definition) is 3. The summed E-state index contributed by atoms with van der Waals surface area (Å²) < 4.78 is 32.2. The third-order valence-electron chi connectivity index (χ3n) is 3.20. The van der Waals surface area contributed by atoms with Gasteiger partial charge in [0.1, 0.15) is 5.75 Å². The van der Waals surface area contributed by atoms with Crippen molar-refractivity contribution < 1.29 is 18.1 Å². The van der Waals surface area contributed by atoms with Crippen molar-refractivity contribution >= 4 is 10.1 Å². The maximum absolute atomic E-state index is 11.4. The highest BCUT2D eigenvalue weighted by atomic mass is 32.2. The molecule has 2 N–H and O–H groups in total. The summed E-state index contributed by atoms with van der Waals surface area (Å²) in [6.45, 7) is 4.05. The molecule has 0 aliphatic heterocycles. The van der Waals surface area contributed by atoms with Gasteiger partial charge >= 0.3 is 0 Å². The first-order valence-electron chi connectivity index (χ1n) is 6.73. The van der Waals surface area contributed by atoms with Crippen LogP contribution >= 0.6 is 0 Å². The molecule has 0 spiro atoms. The summed E-state index contributed by atoms with van der Waals surface area (Å²) in [5.41, 5.74) is 1.23. The van der Waals surface area contributed by atoms with Crippen LogP contribution in [0, 0.1) is 0 Å². The minimum atomic E-state index is -4.24. The van der Waals surface area contributed by atoms with Crippen LogP contribution in [0.5, 0.6) is 5.75 Å². The molecule has 1 aromatic rings. The van der Waals surface area contributed by atoms with Gasteiger partial charge in [0.05, 0.1) is 4.90 Å². The summed E-state index contributed by atoms with van der Waals surface area (Å²) in [6.07, 6.45) is 4.77. The lowest BCUT2D eigenvalue weighted by Gasteiger charge is -2.14. The van der Waals surface area contributed by atoms with Gasteiger partial charge in [-0.05, 0) is 48.9 Å². The molecule has 0 aliphatic rings. The third kappa shape index (κ3) is 4.21. The molecular formula is C14H22O4S. The quantitative estimate of drug-likeness (QED) is 0.754. The lowest BCUT2D eigenvalue weighted by atomic mass is 9.97. The Bertz CT molecular complexity index is 520. The first-order chi connectivity index (χ1) is 8.91. The highest BCUT2D eigenvalue weighted by Crippen LogP contribution is 2.30. The van der Waals surface area contributed by atoms with Crippen molar-refractivity contribution in [3.05, 3.63) is 23.3 Å². The maximum Gasteiger partial charge on any atom is 0.294 e. The van der Waals surface area contributed by atoms with E-state index in [1.165, 1.54) is 12.1 Å². The molecule has 0 heterocycles. The number of hydrogen-bond donors (Lipinski definition) is 2. The molecule has 0 radical (unpaired) electrons. The van der Waals surface area contributed by atoms with Crippen molar-refractivity contribution in [1.29, 1.82) is 0 Å². The summed E-state index contributed by atoms with van der Waals surface area (Å²) in [7, 11) is -4.24. The lowest BCUT2D eigenvalue weighted by Crippen LogP contribution is -2.07. The van der Waals surface area contributed by atoms with Gasteiger partial charge in [0, 0.05) is 0 Å². The molecule has 5 heteroatoms. The zero-order valence-electron chi connectivity index (χ0n) is 11.5. The predicted molar refractivity (Wildman–Crippen MR) is 75.1 cm³/mol. The van der Waals surface area contributed by atoms with E-state index in [9.17, 15) is 18.1 Å². The van der Waals surface area contributed by atoms with Crippen LogP contribution in [0.15, 0.2) is 17.0 Å². The molecular weight excluding hydrogens is 264 g/mol. The molecule has 19 heavy (non-hydrogen) atoms. The van der Waals surface area contributed by atoms with Crippen LogP contribution in [-0.2, 0) is 23.0 Å². The predicted octanol–water partition coefficient (Wildman–Crippen LogP) is 3.32. The van der Waals surface area contributed by atoms with Gasteiger partial charge in [0.15, 0.2) is 0 Å². The molecule has 0 bridgehead atoms. The van der Waals surface area contributed by atoms with E-state index in [0.29, 0.717) is 24.0 Å². The highest BCUT2D eigenvalue weighted by molar-refractivity contribution is 7.85. The minimum absolute atomic E-state index is 0.0650. The number of phenolic OH excluding ortho intramolecular Hbond substituents is 1. The second kappa shape index (κ2) is 6.91. The third-order valence-corrected chi connectivity index (χ3v) is 4.14. The second-order valence-electron chi connectivity index (χ2n) is 4.72. The van der Waals surface area contributed by atoms with Gasteiger partial charge in [-0.15, -0.1) is 0 Å². The summed E-state index contributed by atoms with van der Waals surface area (Å²) in [5, 5.41) is 9.93. The van der Waals surface area contributed by atoms with Gasteiger partial charge in [-0.1, -0.05) is 26.7 Å². The van der Waals surface area contributed by atoms with E-state index in [-0.39, 0.29) is 10.6 Å². The van der Waals surface area contributed by atoms with Crippen LogP contribution in [0.3, 0.4) is 0 Å². The number of benzene rings is 1. The number of phenols is 1. The molecule has 0 unspecified atom stereocenters. The van der Waals surface area contributed by atoms with Gasteiger partial charge in [-0.3, -0.25) is 4.55 Å². The van der Waals surface area contributed by atoms with E-state index in [0.717, 1.165) is 25.7 Å². The van der Waals surface area contributed by atoms with Crippen molar-refractivity contribution in [2.75, 3.05) is 0 Å². The molecule has 1 rings (SSSR count). The smallest absolute Gasteiger partial charge is 0.294 e. The Kier molecular flexibility index (Phi) is 5.82. The maximum atomic E-state index is 11.4. The van der Waals surface area contributed by atoms with Gasteiger partial charge in [0.2, 0.25) is 0 Å². The van der Waals surface area contributed by atoms with Gasteiger partial charge in [-0.2, -0.15) is 8.42 Å². The van der Waals surface area contributed by atoms with Crippen molar-refractivity contribution in [2.45, 2.75) is 57.3 Å². The molecule has 0 aliphatic carbocycles. The minimum Gasteiger partial charge on any atom is -0.508 e. The molecule has 1 aromatic carbocycles. The summed E-state index contributed by atoms with van der Waals surface area (Å²) in [4.78, 5) is -0.0650. The summed E-state index contributed by atoms with van der Waals surface area (Å²) >= 11 is 0. The lowest BCUT2D eigenvalue weighted by molar-refractivity contribution is 0.462. The molecule has 0 atom stereocenters. The Morgan fingerprint density at radius 3 is 2.00 bits per heavy atom. The monoisotopic (exact) mass is 286 g/mol. The Hall–Kier alpha value is -1.07. The fourth-order valence-electron chi connectivity index (χ4n) is 2.16. The standard InChI is InChI=1S/C14H22O4S/c1-3-5-7-11-12(8-6-4-2)14(19(16,17)18)10-9-13(11)15/h9-10,15H,3-8H2,1-2H3,(H,16,17,18). The Morgan fingerprint density at radius 1 is 1.00 bits per heavy atom. The zero-order valence-corrected chi connectivity index (χ0v) is 12.3. The fraction of sp³-hybridized carbons (Fsp3) is 0.571. The Balaban J connectivity index is 3.32. The van der Waals surface area contributed by atoms with Gasteiger partial charge < -0.3 is 5.11 Å². The summed E-state index contributed by atoms with van der Waals surface area (Å²) in [6, 6.07) is 2.63. The van der Waals surface area contributed by atoms with E-state index in [1.807, 2.05) is 13.8 Å². The Morgan fingerprint density at radius 2 is 1.53 bits per heavy atom. The van der Waals surface area contributed by atoms with Crippen molar-refractivity contribution in [3.8, 4) is 5.75 Å². The first-order valence-corrected chi connectivity index (χ1v) is 8.17. The van der Waals surface area contributed by atoms with Gasteiger partial charge in [0.25, 0.3) is 10.1 Å². The normalized spacial score (nSPS) is 11.7. The van der Waals surface area contributed by atoms with Crippen LogP contribution in [0.2, 0.25) is 0 Å². The molecule has 0 fully saturated rings. The van der Waals surface area contributed by atoms with Crippen LogP contribution in [0.4, 0.5) is 0 Å². The van der Waals surface area contributed by atoms with Crippen molar-refractivity contribution in [2.24, 2.45) is 0 Å². The zero-order chi connectivity index (χ0) is 14.5. The summed E-state index contributed by atoms with van der Waals surface area (Å²) in [5.74, 6) is 0.118. The number of unbranched alkanes of at least 4 members (excludes halogenated alkanes) is 2. The Labute approximate surface area is 115 Å². The van der Waals surface area contributed by atoms with E-state index >= 15 is 0 Å². The average molecular weight is 286 g/mol. The van der Waals surface area contributed by atoms with Crippen LogP contribution in [0.25, 0.3) is 0 Å². The van der Waals surface area contributed by atoms with E-state index in [1.54, 1.807) is 0 Å². The molecule has 0 aromatic heterocycles. The molecule has 108 valence electrons. The van der Waals surface area contributed by atoms with Gasteiger partial charge in [-0.25, -0.2) is 0 Å². The van der Waals surface area contributed by atoms with Crippen molar-refractivity contribution in [1.82, 2.24) is 0 Å². The van der Waals surface area contributed by atoms with E-state index in [2.05, 4.69) is 0 Å². The number of aromatic hydroxyl groups is 1. The van der Waals surface area contributed by atoms with Crippen LogP contribution in [-0.4, -0.2) is 18.1 Å². The number of rotatable bonds is 7. The highest BCUT2D eigenvalue weighted by Gasteiger charge is 2.20. The molecule has 0 saturated heterocycles. The fourth-order valence-corrected chi connectivity index (χ4v) is 2.94. The van der Waals surface area contributed by atoms with Crippen LogP contribution < -0.4 is 0 Å². The molecule has 0 amide bonds. The molecule has 0 saturated carbocycles. The average Bonchev–Trinajstić information content (AvgIpc) is 2.33.